The fraction of sp³-hybridized carbons (Fsp3) is 0.783. The lowest BCUT2D eigenvalue weighted by Gasteiger charge is -2.02. The molecular weight excluding hydrogens is 324 g/mol. The van der Waals surface area contributed by atoms with Crippen molar-refractivity contribution in [1.82, 2.24) is 0 Å². The van der Waals surface area contributed by atoms with E-state index in [9.17, 15) is 4.79 Å². The topological polar surface area (TPSA) is 35.5 Å². The molecule has 148 valence electrons. The highest BCUT2D eigenvalue weighted by atomic mass is 16.6. The SMILES string of the molecule is CCCCCCCCCCCC#CC#CCCCCC(=O)OCCOC. The molecule has 0 aromatic carbocycles. The van der Waals surface area contributed by atoms with Crippen LogP contribution in [0.3, 0.4) is 0 Å². The van der Waals surface area contributed by atoms with E-state index in [1.54, 1.807) is 7.11 Å². The molecule has 0 aliphatic carbocycles. The maximum atomic E-state index is 11.3. The molecule has 0 saturated heterocycles. The van der Waals surface area contributed by atoms with Crippen LogP contribution in [0.25, 0.3) is 0 Å². The molecule has 0 aliphatic rings. The van der Waals surface area contributed by atoms with Gasteiger partial charge in [-0.25, -0.2) is 0 Å². The monoisotopic (exact) mass is 362 g/mol. The molecule has 0 atom stereocenters. The van der Waals surface area contributed by atoms with Crippen LogP contribution in [0.15, 0.2) is 0 Å². The normalized spacial score (nSPS) is 9.77. The van der Waals surface area contributed by atoms with Crippen molar-refractivity contribution >= 4 is 5.97 Å². The molecule has 0 heterocycles. The van der Waals surface area contributed by atoms with Gasteiger partial charge in [-0.1, -0.05) is 70.1 Å². The van der Waals surface area contributed by atoms with Gasteiger partial charge in [0.2, 0.25) is 0 Å². The summed E-state index contributed by atoms with van der Waals surface area (Å²) in [5.41, 5.74) is 0. The lowest BCUT2D eigenvalue weighted by Crippen LogP contribution is -2.09. The van der Waals surface area contributed by atoms with Gasteiger partial charge >= 0.3 is 5.97 Å². The number of carbonyl (C=O) groups is 1. The van der Waals surface area contributed by atoms with Crippen LogP contribution in [-0.2, 0) is 14.3 Å². The Balaban J connectivity index is 3.35. The second-order valence-electron chi connectivity index (χ2n) is 6.60. The molecule has 0 bridgehead atoms. The highest BCUT2D eigenvalue weighted by Gasteiger charge is 2.01. The van der Waals surface area contributed by atoms with Gasteiger partial charge in [-0.05, 0) is 31.1 Å². The van der Waals surface area contributed by atoms with E-state index in [1.807, 2.05) is 0 Å². The first-order valence-electron chi connectivity index (χ1n) is 10.4. The molecule has 0 aromatic rings. The van der Waals surface area contributed by atoms with Gasteiger partial charge in [0.05, 0.1) is 6.61 Å². The lowest BCUT2D eigenvalue weighted by molar-refractivity contribution is -0.145. The molecule has 0 radical (unpaired) electrons. The Morgan fingerprint density at radius 1 is 0.731 bits per heavy atom. The third kappa shape index (κ3) is 20.6. The maximum absolute atomic E-state index is 11.3. The zero-order chi connectivity index (χ0) is 19.1. The second-order valence-corrected chi connectivity index (χ2v) is 6.60. The van der Waals surface area contributed by atoms with Crippen LogP contribution in [0.1, 0.15) is 96.8 Å². The molecule has 0 N–H and O–H groups in total. The summed E-state index contributed by atoms with van der Waals surface area (Å²) in [6.07, 6.45) is 16.0. The van der Waals surface area contributed by atoms with Crippen molar-refractivity contribution in [3.05, 3.63) is 0 Å². The highest BCUT2D eigenvalue weighted by Crippen LogP contribution is 2.10. The van der Waals surface area contributed by atoms with Crippen LogP contribution in [0.5, 0.6) is 0 Å². The number of esters is 1. The molecule has 0 fully saturated rings. The lowest BCUT2D eigenvalue weighted by atomic mass is 10.1. The summed E-state index contributed by atoms with van der Waals surface area (Å²) in [4.78, 5) is 11.3. The van der Waals surface area contributed by atoms with Gasteiger partial charge in [-0.15, -0.1) is 0 Å². The summed E-state index contributed by atoms with van der Waals surface area (Å²) in [5, 5.41) is 0. The number of methoxy groups -OCH3 is 1. The van der Waals surface area contributed by atoms with Crippen molar-refractivity contribution in [3.8, 4) is 23.7 Å². The van der Waals surface area contributed by atoms with Crippen molar-refractivity contribution in [3.63, 3.8) is 0 Å². The van der Waals surface area contributed by atoms with Crippen LogP contribution >= 0.6 is 0 Å². The van der Waals surface area contributed by atoms with Crippen LogP contribution in [-0.4, -0.2) is 26.3 Å². The predicted octanol–water partition coefficient (Wildman–Crippen LogP) is 5.66. The van der Waals surface area contributed by atoms with Gasteiger partial charge in [-0.3, -0.25) is 4.79 Å². The number of unbranched alkanes of at least 4 members (excludes halogenated alkanes) is 11. The summed E-state index contributed by atoms with van der Waals surface area (Å²) in [6, 6.07) is 0. The summed E-state index contributed by atoms with van der Waals surface area (Å²) in [5.74, 6) is 11.9. The average Bonchev–Trinajstić information content (AvgIpc) is 2.64. The van der Waals surface area contributed by atoms with Gasteiger partial charge in [0.15, 0.2) is 0 Å². The standard InChI is InChI=1S/C23H38O3/c1-3-4-5-6-7-8-9-10-11-12-13-14-15-16-17-18-19-20-23(24)26-22-21-25-2/h3-12,17-22H2,1-2H3. The van der Waals surface area contributed by atoms with Gasteiger partial charge < -0.3 is 9.47 Å². The van der Waals surface area contributed by atoms with Crippen LogP contribution in [0.2, 0.25) is 0 Å². The predicted molar refractivity (Wildman–Crippen MR) is 109 cm³/mol. The summed E-state index contributed by atoms with van der Waals surface area (Å²) >= 11 is 0. The first-order valence-corrected chi connectivity index (χ1v) is 10.4. The van der Waals surface area contributed by atoms with Crippen molar-refractivity contribution in [1.29, 1.82) is 0 Å². The minimum absolute atomic E-state index is 0.157. The number of rotatable bonds is 16. The number of carbonyl (C=O) groups excluding carboxylic acids is 1. The molecular formula is C23H38O3. The molecule has 0 spiro atoms. The Labute approximate surface area is 161 Å². The van der Waals surface area contributed by atoms with Crippen LogP contribution in [0, 0.1) is 23.7 Å². The molecule has 3 heteroatoms. The smallest absolute Gasteiger partial charge is 0.305 e. The Morgan fingerprint density at radius 3 is 1.85 bits per heavy atom. The molecule has 3 nitrogen and oxygen atoms in total. The van der Waals surface area contributed by atoms with Crippen molar-refractivity contribution < 1.29 is 14.3 Å². The first kappa shape index (κ1) is 24.6. The maximum Gasteiger partial charge on any atom is 0.305 e. The molecule has 0 aliphatic heterocycles. The fourth-order valence-corrected chi connectivity index (χ4v) is 2.53. The molecule has 0 unspecified atom stereocenters. The van der Waals surface area contributed by atoms with E-state index in [0.29, 0.717) is 19.6 Å². The van der Waals surface area contributed by atoms with Crippen LogP contribution < -0.4 is 0 Å². The van der Waals surface area contributed by atoms with Crippen LogP contribution in [0.4, 0.5) is 0 Å². The Hall–Kier alpha value is -1.45. The Bertz CT molecular complexity index is 434. The van der Waals surface area contributed by atoms with Gasteiger partial charge in [0.1, 0.15) is 6.61 Å². The minimum Gasteiger partial charge on any atom is -0.463 e. The summed E-state index contributed by atoms with van der Waals surface area (Å²) < 4.78 is 9.81. The van der Waals surface area contributed by atoms with Crippen molar-refractivity contribution in [2.45, 2.75) is 96.8 Å². The van der Waals surface area contributed by atoms with E-state index in [1.165, 1.54) is 57.8 Å². The number of hydrogen-bond donors (Lipinski definition) is 0. The molecule has 0 aromatic heterocycles. The largest absolute Gasteiger partial charge is 0.463 e. The summed E-state index contributed by atoms with van der Waals surface area (Å²) in [6.45, 7) is 3.05. The van der Waals surface area contributed by atoms with Gasteiger partial charge in [0.25, 0.3) is 0 Å². The zero-order valence-electron chi connectivity index (χ0n) is 17.0. The zero-order valence-corrected chi connectivity index (χ0v) is 17.0. The quantitative estimate of drug-likeness (QED) is 0.202. The molecule has 26 heavy (non-hydrogen) atoms. The molecule has 0 saturated carbocycles. The Kier molecular flexibility index (Phi) is 20.4. The van der Waals surface area contributed by atoms with E-state index in [-0.39, 0.29) is 5.97 Å². The van der Waals surface area contributed by atoms with E-state index < -0.39 is 0 Å². The number of ether oxygens (including phenoxy) is 2. The average molecular weight is 363 g/mol. The van der Waals surface area contributed by atoms with Crippen molar-refractivity contribution in [2.75, 3.05) is 20.3 Å². The first-order chi connectivity index (χ1) is 12.8. The number of hydrogen-bond acceptors (Lipinski definition) is 3. The second kappa shape index (κ2) is 21.6. The molecule has 0 amide bonds. The Morgan fingerprint density at radius 2 is 1.27 bits per heavy atom. The fourth-order valence-electron chi connectivity index (χ4n) is 2.53. The van der Waals surface area contributed by atoms with E-state index >= 15 is 0 Å². The van der Waals surface area contributed by atoms with E-state index in [4.69, 9.17) is 9.47 Å². The van der Waals surface area contributed by atoms with Crippen molar-refractivity contribution in [2.24, 2.45) is 0 Å². The third-order valence-electron chi connectivity index (χ3n) is 4.13. The molecule has 0 rings (SSSR count). The van der Waals surface area contributed by atoms with Gasteiger partial charge in [0, 0.05) is 26.4 Å². The minimum atomic E-state index is -0.157. The summed E-state index contributed by atoms with van der Waals surface area (Å²) in [7, 11) is 1.59. The highest BCUT2D eigenvalue weighted by molar-refractivity contribution is 5.69. The third-order valence-corrected chi connectivity index (χ3v) is 4.13. The van der Waals surface area contributed by atoms with Gasteiger partial charge in [-0.2, -0.15) is 0 Å². The van der Waals surface area contributed by atoms with E-state index in [2.05, 4.69) is 30.6 Å². The van der Waals surface area contributed by atoms with E-state index in [0.717, 1.165) is 25.7 Å².